The number of anilines is 1. The van der Waals surface area contributed by atoms with Gasteiger partial charge in [-0.15, -0.1) is 0 Å². The van der Waals surface area contributed by atoms with Gasteiger partial charge >= 0.3 is 12.1 Å². The number of halogens is 4. The van der Waals surface area contributed by atoms with Crippen molar-refractivity contribution in [1.29, 1.82) is 0 Å². The Morgan fingerprint density at radius 3 is 2.62 bits per heavy atom. The number of ether oxygens (including phenoxy) is 1. The number of hydrogen-bond acceptors (Lipinski definition) is 6. The lowest BCUT2D eigenvalue weighted by molar-refractivity contribution is -0.159. The molecule has 0 bridgehead atoms. The standard InChI is InChI=1S/C18H18F4N4O3/c19-14-9-11(1-3-13(14)16-23-17(29-24-16)18(20,21)22)26-12(2-4-15(26)27)10-25-5-7-28-8-6-25/h1,3,9,12H,2,4-8,10H2/t12-/m0/s1. The van der Waals surface area contributed by atoms with Gasteiger partial charge < -0.3 is 14.2 Å². The van der Waals surface area contributed by atoms with Gasteiger partial charge in [-0.25, -0.2) is 4.39 Å². The van der Waals surface area contributed by atoms with E-state index in [1.54, 1.807) is 4.90 Å². The van der Waals surface area contributed by atoms with Gasteiger partial charge in [0.1, 0.15) is 5.82 Å². The molecule has 0 saturated carbocycles. The maximum absolute atomic E-state index is 14.6. The van der Waals surface area contributed by atoms with Gasteiger partial charge in [0.15, 0.2) is 0 Å². The SMILES string of the molecule is O=C1CC[C@@H](CN2CCOCC2)N1c1ccc(-c2noc(C(F)(F)F)n2)c(F)c1. The minimum Gasteiger partial charge on any atom is -0.379 e. The predicted octanol–water partition coefficient (Wildman–Crippen LogP) is 2.72. The zero-order valence-electron chi connectivity index (χ0n) is 15.3. The zero-order valence-corrected chi connectivity index (χ0v) is 15.3. The van der Waals surface area contributed by atoms with Crippen LogP contribution in [0.3, 0.4) is 0 Å². The average molecular weight is 414 g/mol. The second-order valence-electron chi connectivity index (χ2n) is 6.95. The second kappa shape index (κ2) is 7.71. The smallest absolute Gasteiger partial charge is 0.379 e. The fourth-order valence-corrected chi connectivity index (χ4v) is 3.64. The minimum absolute atomic E-state index is 0.104. The van der Waals surface area contributed by atoms with Gasteiger partial charge in [0, 0.05) is 31.7 Å². The van der Waals surface area contributed by atoms with Crippen molar-refractivity contribution in [3.63, 3.8) is 0 Å². The van der Waals surface area contributed by atoms with Crippen molar-refractivity contribution >= 4 is 11.6 Å². The Labute approximate surface area is 163 Å². The lowest BCUT2D eigenvalue weighted by Crippen LogP contribution is -2.46. The number of amides is 1. The molecule has 0 unspecified atom stereocenters. The Morgan fingerprint density at radius 2 is 1.97 bits per heavy atom. The van der Waals surface area contributed by atoms with Crippen molar-refractivity contribution in [2.24, 2.45) is 0 Å². The predicted molar refractivity (Wildman–Crippen MR) is 92.5 cm³/mol. The zero-order chi connectivity index (χ0) is 20.6. The third-order valence-corrected chi connectivity index (χ3v) is 5.04. The van der Waals surface area contributed by atoms with E-state index in [1.807, 2.05) is 0 Å². The first-order valence-electron chi connectivity index (χ1n) is 9.16. The maximum Gasteiger partial charge on any atom is 0.471 e. The van der Waals surface area contributed by atoms with Gasteiger partial charge in [-0.2, -0.15) is 18.2 Å². The molecule has 4 rings (SSSR count). The number of alkyl halides is 3. The molecule has 1 aromatic heterocycles. The van der Waals surface area contributed by atoms with Gasteiger partial charge in [-0.05, 0) is 24.6 Å². The fraction of sp³-hybridized carbons (Fsp3) is 0.500. The molecule has 0 N–H and O–H groups in total. The summed E-state index contributed by atoms with van der Waals surface area (Å²) in [6.07, 6.45) is -3.80. The summed E-state index contributed by atoms with van der Waals surface area (Å²) in [7, 11) is 0. The van der Waals surface area contributed by atoms with Crippen molar-refractivity contribution in [2.75, 3.05) is 37.7 Å². The number of carbonyl (C=O) groups excluding carboxylic acids is 1. The minimum atomic E-state index is -4.81. The number of nitrogens with zero attached hydrogens (tertiary/aromatic N) is 4. The number of benzene rings is 1. The van der Waals surface area contributed by atoms with E-state index in [4.69, 9.17) is 4.74 Å². The molecule has 2 aliphatic rings. The van der Waals surface area contributed by atoms with Gasteiger partial charge in [0.25, 0.3) is 0 Å². The van der Waals surface area contributed by atoms with Crippen LogP contribution in [-0.2, 0) is 15.7 Å². The molecule has 2 saturated heterocycles. The fourth-order valence-electron chi connectivity index (χ4n) is 3.64. The molecule has 156 valence electrons. The molecule has 2 aromatic rings. The van der Waals surface area contributed by atoms with Gasteiger partial charge in [-0.1, -0.05) is 5.16 Å². The van der Waals surface area contributed by atoms with Crippen LogP contribution >= 0.6 is 0 Å². The molecular formula is C18H18F4N4O3. The highest BCUT2D eigenvalue weighted by Crippen LogP contribution is 2.33. The summed E-state index contributed by atoms with van der Waals surface area (Å²) in [5, 5.41) is 3.20. The van der Waals surface area contributed by atoms with E-state index in [9.17, 15) is 22.4 Å². The molecular weight excluding hydrogens is 396 g/mol. The topological polar surface area (TPSA) is 71.7 Å². The Morgan fingerprint density at radius 1 is 1.21 bits per heavy atom. The van der Waals surface area contributed by atoms with Gasteiger partial charge in [-0.3, -0.25) is 9.69 Å². The average Bonchev–Trinajstić information content (AvgIpc) is 3.30. The van der Waals surface area contributed by atoms with E-state index in [0.717, 1.165) is 19.2 Å². The summed E-state index contributed by atoms with van der Waals surface area (Å²) in [6.45, 7) is 3.46. The molecule has 1 amide bonds. The first kappa shape index (κ1) is 19.8. The van der Waals surface area contributed by atoms with Crippen molar-refractivity contribution in [3.8, 4) is 11.4 Å². The van der Waals surface area contributed by atoms with Crippen LogP contribution in [0.2, 0.25) is 0 Å². The molecule has 1 aromatic carbocycles. The third kappa shape index (κ3) is 4.10. The highest BCUT2D eigenvalue weighted by Gasteiger charge is 2.39. The quantitative estimate of drug-likeness (QED) is 0.717. The third-order valence-electron chi connectivity index (χ3n) is 5.04. The number of morpholine rings is 1. The molecule has 11 heteroatoms. The highest BCUT2D eigenvalue weighted by molar-refractivity contribution is 5.96. The summed E-state index contributed by atoms with van der Waals surface area (Å²) >= 11 is 0. The van der Waals surface area contributed by atoms with E-state index in [2.05, 4.69) is 19.6 Å². The normalized spacial score (nSPS) is 21.2. The molecule has 3 heterocycles. The van der Waals surface area contributed by atoms with Crippen LogP contribution in [0.5, 0.6) is 0 Å². The van der Waals surface area contributed by atoms with Crippen LogP contribution in [0.1, 0.15) is 18.7 Å². The first-order valence-corrected chi connectivity index (χ1v) is 9.16. The Hall–Kier alpha value is -2.53. The van der Waals surface area contributed by atoms with Crippen LogP contribution in [0.25, 0.3) is 11.4 Å². The monoisotopic (exact) mass is 414 g/mol. The summed E-state index contributed by atoms with van der Waals surface area (Å²) in [5.41, 5.74) is 0.121. The molecule has 2 aliphatic heterocycles. The molecule has 7 nitrogen and oxygen atoms in total. The second-order valence-corrected chi connectivity index (χ2v) is 6.95. The van der Waals surface area contributed by atoms with Crippen LogP contribution < -0.4 is 4.90 Å². The van der Waals surface area contributed by atoms with Crippen LogP contribution in [0, 0.1) is 5.82 Å². The summed E-state index contributed by atoms with van der Waals surface area (Å²) in [6, 6.07) is 3.76. The Balaban J connectivity index is 1.55. The van der Waals surface area contributed by atoms with E-state index in [0.29, 0.717) is 38.3 Å². The Bertz CT molecular complexity index is 895. The Kier molecular flexibility index (Phi) is 5.26. The van der Waals surface area contributed by atoms with E-state index in [-0.39, 0.29) is 17.5 Å². The highest BCUT2D eigenvalue weighted by atomic mass is 19.4. The molecule has 2 fully saturated rings. The number of hydrogen-bond donors (Lipinski definition) is 0. The van der Waals surface area contributed by atoms with Crippen molar-refractivity contribution in [1.82, 2.24) is 15.0 Å². The molecule has 1 atom stereocenters. The van der Waals surface area contributed by atoms with Crippen LogP contribution in [0.4, 0.5) is 23.2 Å². The van der Waals surface area contributed by atoms with Crippen LogP contribution in [-0.4, -0.2) is 59.8 Å². The van der Waals surface area contributed by atoms with Crippen LogP contribution in [0.15, 0.2) is 22.7 Å². The largest absolute Gasteiger partial charge is 0.471 e. The number of rotatable bonds is 4. The van der Waals surface area contributed by atoms with Crippen molar-refractivity contribution < 1.29 is 31.6 Å². The maximum atomic E-state index is 14.6. The van der Waals surface area contributed by atoms with E-state index < -0.39 is 23.7 Å². The number of aromatic nitrogens is 2. The lowest BCUT2D eigenvalue weighted by Gasteiger charge is -2.33. The summed E-state index contributed by atoms with van der Waals surface area (Å²) in [4.78, 5) is 19.4. The molecule has 0 aliphatic carbocycles. The molecule has 29 heavy (non-hydrogen) atoms. The van der Waals surface area contributed by atoms with Crippen molar-refractivity contribution in [3.05, 3.63) is 29.9 Å². The van der Waals surface area contributed by atoms with Gasteiger partial charge in [0.2, 0.25) is 11.7 Å². The molecule has 0 radical (unpaired) electrons. The summed E-state index contributed by atoms with van der Waals surface area (Å²) in [5.74, 6) is -2.99. The van der Waals surface area contributed by atoms with Gasteiger partial charge in [0.05, 0.1) is 24.8 Å². The number of carbonyl (C=O) groups is 1. The first-order chi connectivity index (χ1) is 13.8. The molecule has 0 spiro atoms. The van der Waals surface area contributed by atoms with E-state index >= 15 is 0 Å². The summed E-state index contributed by atoms with van der Waals surface area (Å²) < 4.78 is 62.0. The lowest BCUT2D eigenvalue weighted by atomic mass is 10.1. The van der Waals surface area contributed by atoms with Crippen molar-refractivity contribution in [2.45, 2.75) is 25.1 Å². The van der Waals surface area contributed by atoms with E-state index in [1.165, 1.54) is 12.1 Å².